The van der Waals surface area contributed by atoms with Gasteiger partial charge < -0.3 is 9.26 Å². The number of esters is 1. The van der Waals surface area contributed by atoms with Gasteiger partial charge in [0.25, 0.3) is 0 Å². The first-order chi connectivity index (χ1) is 13.0. The van der Waals surface area contributed by atoms with Crippen molar-refractivity contribution in [2.45, 2.75) is 32.1 Å². The summed E-state index contributed by atoms with van der Waals surface area (Å²) < 4.78 is 50.8. The van der Waals surface area contributed by atoms with E-state index >= 15 is 0 Å². The Labute approximate surface area is 152 Å². The molecule has 0 amide bonds. The first-order valence-electron chi connectivity index (χ1n) is 8.79. The van der Waals surface area contributed by atoms with Crippen LogP contribution < -0.4 is 4.74 Å². The molecular formula is C20H16F3NO3. The molecule has 0 radical (unpaired) electrons. The number of carbonyl (C=O) groups excluding carboxylic acids is 1. The lowest BCUT2D eigenvalue weighted by Crippen LogP contribution is -2.22. The minimum absolute atomic E-state index is 0.0529. The number of benzene rings is 2. The van der Waals surface area contributed by atoms with Gasteiger partial charge in [-0.1, -0.05) is 24.4 Å². The molecule has 27 heavy (non-hydrogen) atoms. The van der Waals surface area contributed by atoms with Crippen LogP contribution in [0.2, 0.25) is 0 Å². The van der Waals surface area contributed by atoms with Gasteiger partial charge >= 0.3 is 5.97 Å². The number of rotatable bonds is 3. The zero-order chi connectivity index (χ0) is 19.0. The minimum atomic E-state index is -1.54. The normalized spacial score (nSPS) is 15.2. The van der Waals surface area contributed by atoms with Crippen molar-refractivity contribution in [3.63, 3.8) is 0 Å². The van der Waals surface area contributed by atoms with Crippen LogP contribution in [0.15, 0.2) is 34.9 Å². The van der Waals surface area contributed by atoms with Crippen LogP contribution in [0.25, 0.3) is 22.2 Å². The molecule has 1 aliphatic carbocycles. The molecule has 0 atom stereocenters. The highest BCUT2D eigenvalue weighted by Gasteiger charge is 2.23. The summed E-state index contributed by atoms with van der Waals surface area (Å²) in [6, 6.07) is 6.37. The van der Waals surface area contributed by atoms with E-state index in [0.717, 1.165) is 44.2 Å². The highest BCUT2D eigenvalue weighted by Crippen LogP contribution is 2.32. The summed E-state index contributed by atoms with van der Waals surface area (Å²) >= 11 is 0. The Morgan fingerprint density at radius 3 is 2.44 bits per heavy atom. The van der Waals surface area contributed by atoms with Gasteiger partial charge in [-0.3, -0.25) is 4.79 Å². The molecule has 0 aliphatic heterocycles. The number of carbonyl (C=O) groups is 1. The van der Waals surface area contributed by atoms with Gasteiger partial charge in [0, 0.05) is 17.0 Å². The van der Waals surface area contributed by atoms with E-state index in [0.29, 0.717) is 16.7 Å². The van der Waals surface area contributed by atoms with E-state index in [9.17, 15) is 18.0 Å². The van der Waals surface area contributed by atoms with Gasteiger partial charge in [-0.05, 0) is 37.1 Å². The summed E-state index contributed by atoms with van der Waals surface area (Å²) in [6.07, 6.45) is 4.84. The molecule has 1 saturated carbocycles. The van der Waals surface area contributed by atoms with Crippen molar-refractivity contribution in [3.05, 3.63) is 47.8 Å². The number of nitrogens with zero attached hydrogens (tertiary/aromatic N) is 1. The number of halogens is 3. The van der Waals surface area contributed by atoms with Gasteiger partial charge in [-0.25, -0.2) is 13.2 Å². The molecular weight excluding hydrogens is 359 g/mol. The molecule has 7 heteroatoms. The zero-order valence-corrected chi connectivity index (χ0v) is 14.3. The van der Waals surface area contributed by atoms with E-state index in [-0.39, 0.29) is 23.1 Å². The first kappa shape index (κ1) is 17.6. The number of ether oxygens (including phenoxy) is 1. The highest BCUT2D eigenvalue weighted by molar-refractivity contribution is 5.92. The molecule has 140 valence electrons. The number of fused-ring (bicyclic) bond motifs is 1. The van der Waals surface area contributed by atoms with Crippen LogP contribution in [0.4, 0.5) is 13.2 Å². The maximum atomic E-state index is 13.5. The molecule has 4 nitrogen and oxygen atoms in total. The molecule has 0 unspecified atom stereocenters. The van der Waals surface area contributed by atoms with E-state index in [1.165, 1.54) is 6.07 Å². The fraction of sp³-hybridized carbons (Fsp3) is 0.300. The van der Waals surface area contributed by atoms with Crippen molar-refractivity contribution in [2.75, 3.05) is 0 Å². The lowest BCUT2D eigenvalue weighted by molar-refractivity contribution is -0.139. The minimum Gasteiger partial charge on any atom is -0.426 e. The number of hydrogen-bond acceptors (Lipinski definition) is 4. The maximum absolute atomic E-state index is 13.5. The topological polar surface area (TPSA) is 52.3 Å². The molecule has 0 bridgehead atoms. The van der Waals surface area contributed by atoms with Crippen LogP contribution in [0.5, 0.6) is 5.75 Å². The lowest BCUT2D eigenvalue weighted by atomic mass is 9.89. The van der Waals surface area contributed by atoms with Crippen molar-refractivity contribution in [3.8, 4) is 17.0 Å². The Bertz CT molecular complexity index is 986. The van der Waals surface area contributed by atoms with Crippen LogP contribution in [-0.4, -0.2) is 11.1 Å². The fourth-order valence-electron chi connectivity index (χ4n) is 3.42. The molecule has 0 N–H and O–H groups in total. The van der Waals surface area contributed by atoms with Crippen LogP contribution in [0, 0.1) is 23.4 Å². The largest absolute Gasteiger partial charge is 0.426 e. The van der Waals surface area contributed by atoms with Crippen LogP contribution >= 0.6 is 0 Å². The predicted octanol–water partition coefficient (Wildman–Crippen LogP) is 5.40. The van der Waals surface area contributed by atoms with Crippen LogP contribution in [0.3, 0.4) is 0 Å². The van der Waals surface area contributed by atoms with E-state index in [2.05, 4.69) is 5.16 Å². The van der Waals surface area contributed by atoms with Crippen molar-refractivity contribution < 1.29 is 27.2 Å². The monoisotopic (exact) mass is 375 g/mol. The summed E-state index contributed by atoms with van der Waals surface area (Å²) in [6.45, 7) is 0. The third kappa shape index (κ3) is 3.41. The van der Waals surface area contributed by atoms with Crippen molar-refractivity contribution >= 4 is 16.9 Å². The zero-order valence-electron chi connectivity index (χ0n) is 14.3. The lowest BCUT2D eigenvalue weighted by Gasteiger charge is -2.19. The third-order valence-corrected chi connectivity index (χ3v) is 4.86. The molecule has 0 saturated heterocycles. The van der Waals surface area contributed by atoms with Gasteiger partial charge in [-0.15, -0.1) is 0 Å². The van der Waals surface area contributed by atoms with Crippen molar-refractivity contribution in [2.24, 2.45) is 5.92 Å². The molecule has 2 aromatic carbocycles. The highest BCUT2D eigenvalue weighted by atomic mass is 19.2. The molecule has 0 spiro atoms. The Hall–Kier alpha value is -2.83. The third-order valence-electron chi connectivity index (χ3n) is 4.86. The van der Waals surface area contributed by atoms with Crippen LogP contribution in [-0.2, 0) is 4.79 Å². The molecule has 1 fully saturated rings. The summed E-state index contributed by atoms with van der Waals surface area (Å²) in [5.41, 5.74) is 0.522. The molecule has 4 rings (SSSR count). The Morgan fingerprint density at radius 2 is 1.74 bits per heavy atom. The second-order valence-corrected chi connectivity index (χ2v) is 6.70. The molecule has 1 heterocycles. The molecule has 1 aromatic heterocycles. The van der Waals surface area contributed by atoms with Gasteiger partial charge in [0.2, 0.25) is 0 Å². The predicted molar refractivity (Wildman–Crippen MR) is 91.5 cm³/mol. The van der Waals surface area contributed by atoms with E-state index in [4.69, 9.17) is 9.26 Å². The van der Waals surface area contributed by atoms with E-state index < -0.39 is 17.5 Å². The van der Waals surface area contributed by atoms with Crippen LogP contribution in [0.1, 0.15) is 32.1 Å². The molecule has 1 aliphatic rings. The quantitative estimate of drug-likeness (QED) is 0.350. The van der Waals surface area contributed by atoms with Crippen molar-refractivity contribution in [1.29, 1.82) is 0 Å². The molecule has 3 aromatic rings. The van der Waals surface area contributed by atoms with Gasteiger partial charge in [-0.2, -0.15) is 0 Å². The second-order valence-electron chi connectivity index (χ2n) is 6.70. The van der Waals surface area contributed by atoms with Crippen molar-refractivity contribution in [1.82, 2.24) is 5.16 Å². The average molecular weight is 375 g/mol. The van der Waals surface area contributed by atoms with Gasteiger partial charge in [0.05, 0.1) is 5.92 Å². The Kier molecular flexibility index (Phi) is 4.59. The first-order valence-corrected chi connectivity index (χ1v) is 8.79. The van der Waals surface area contributed by atoms with Gasteiger partial charge in [0.1, 0.15) is 11.4 Å². The Morgan fingerprint density at radius 1 is 1.04 bits per heavy atom. The summed E-state index contributed by atoms with van der Waals surface area (Å²) in [4.78, 5) is 12.2. The maximum Gasteiger partial charge on any atom is 0.314 e. The van der Waals surface area contributed by atoms with E-state index in [1.807, 2.05) is 0 Å². The van der Waals surface area contributed by atoms with Gasteiger partial charge in [0.15, 0.2) is 23.0 Å². The smallest absolute Gasteiger partial charge is 0.314 e. The standard InChI is InChI=1S/C20H16F3NO3/c21-15-8-12(9-16(22)18(15)23)19-14-7-6-13(10-17(14)27-24-19)26-20(25)11-4-2-1-3-5-11/h6-11H,1-5H2. The summed E-state index contributed by atoms with van der Waals surface area (Å²) in [7, 11) is 0. The number of aromatic nitrogens is 1. The Balaban J connectivity index is 1.61. The number of hydrogen-bond donors (Lipinski definition) is 0. The average Bonchev–Trinajstić information content (AvgIpc) is 3.09. The SMILES string of the molecule is O=C(Oc1ccc2c(-c3cc(F)c(F)c(F)c3)noc2c1)C1CCCCC1. The fourth-order valence-corrected chi connectivity index (χ4v) is 3.42. The van der Waals surface area contributed by atoms with E-state index in [1.54, 1.807) is 12.1 Å². The summed E-state index contributed by atoms with van der Waals surface area (Å²) in [5.74, 6) is -4.19. The second kappa shape index (κ2) is 7.06. The summed E-state index contributed by atoms with van der Waals surface area (Å²) in [5, 5.41) is 4.29.